The average molecular weight is 490 g/mol. The Morgan fingerprint density at radius 2 is 1.89 bits per heavy atom. The average Bonchev–Trinajstić information content (AvgIpc) is 2.79. The van der Waals surface area contributed by atoms with Gasteiger partial charge in [0.15, 0.2) is 5.11 Å². The first-order valence-corrected chi connectivity index (χ1v) is 12.3. The van der Waals surface area contributed by atoms with Crippen LogP contribution in [0.2, 0.25) is 0 Å². The van der Waals surface area contributed by atoms with E-state index in [0.717, 1.165) is 29.8 Å². The molecule has 2 heterocycles. The van der Waals surface area contributed by atoms with Crippen molar-refractivity contribution in [1.82, 2.24) is 5.32 Å². The van der Waals surface area contributed by atoms with Crippen LogP contribution < -0.4 is 19.9 Å². The maximum absolute atomic E-state index is 13.4. The van der Waals surface area contributed by atoms with Gasteiger partial charge in [-0.1, -0.05) is 25.1 Å². The van der Waals surface area contributed by atoms with Gasteiger partial charge >= 0.3 is 0 Å². The molecule has 182 valence electrons. The van der Waals surface area contributed by atoms with E-state index in [1.165, 1.54) is 10.5 Å². The van der Waals surface area contributed by atoms with Gasteiger partial charge in [0.2, 0.25) is 0 Å². The van der Waals surface area contributed by atoms with E-state index in [1.807, 2.05) is 25.1 Å². The van der Waals surface area contributed by atoms with Crippen molar-refractivity contribution in [2.75, 3.05) is 23.0 Å². The molecule has 0 spiro atoms. The van der Waals surface area contributed by atoms with E-state index >= 15 is 0 Å². The second-order valence-electron chi connectivity index (χ2n) is 9.30. The Hall–Kier alpha value is -3.45. The van der Waals surface area contributed by atoms with Crippen molar-refractivity contribution in [3.63, 3.8) is 0 Å². The van der Waals surface area contributed by atoms with Crippen molar-refractivity contribution in [1.29, 1.82) is 0 Å². The molecule has 0 atom stereocenters. The lowest BCUT2D eigenvalue weighted by molar-refractivity contribution is -0.122. The quantitative estimate of drug-likeness (QED) is 0.338. The number of anilines is 2. The summed E-state index contributed by atoms with van der Waals surface area (Å²) in [5.41, 5.74) is 4.71. The predicted molar refractivity (Wildman–Crippen MR) is 146 cm³/mol. The third-order valence-electron chi connectivity index (χ3n) is 6.25. The van der Waals surface area contributed by atoms with Crippen molar-refractivity contribution >= 4 is 52.2 Å². The van der Waals surface area contributed by atoms with Gasteiger partial charge in [0.05, 0.1) is 17.8 Å². The van der Waals surface area contributed by atoms with Gasteiger partial charge in [-0.3, -0.25) is 19.8 Å². The van der Waals surface area contributed by atoms with Crippen LogP contribution in [0.3, 0.4) is 0 Å². The second-order valence-corrected chi connectivity index (χ2v) is 9.68. The highest BCUT2D eigenvalue weighted by Gasteiger charge is 2.35. The molecule has 1 fully saturated rings. The Morgan fingerprint density at radius 3 is 2.60 bits per heavy atom. The molecular weight excluding hydrogens is 458 g/mol. The zero-order valence-corrected chi connectivity index (χ0v) is 21.7. The van der Waals surface area contributed by atoms with Crippen LogP contribution in [0, 0.1) is 0 Å². The van der Waals surface area contributed by atoms with Crippen LogP contribution in [-0.4, -0.2) is 35.6 Å². The van der Waals surface area contributed by atoms with Crippen molar-refractivity contribution < 1.29 is 14.3 Å². The number of benzene rings is 2. The molecule has 0 radical (unpaired) electrons. The first kappa shape index (κ1) is 24.7. The number of ether oxygens (including phenoxy) is 1. The summed E-state index contributed by atoms with van der Waals surface area (Å²) in [5, 5.41) is 2.70. The fourth-order valence-electron chi connectivity index (χ4n) is 4.76. The summed E-state index contributed by atoms with van der Waals surface area (Å²) >= 11 is 5.34. The molecule has 4 rings (SSSR count). The number of thiocarbonyl (C=S) groups is 1. The van der Waals surface area contributed by atoms with E-state index < -0.39 is 11.8 Å². The molecule has 35 heavy (non-hydrogen) atoms. The van der Waals surface area contributed by atoms with E-state index in [0.29, 0.717) is 18.0 Å². The third kappa shape index (κ3) is 4.73. The van der Waals surface area contributed by atoms with E-state index in [-0.39, 0.29) is 16.2 Å². The SMILES string of the molecule is CCCN1c2ccc(/C=C3/C(=O)NC(=S)N(c4cccc(OCC)c4)C3=O)cc2C(C)=CC1(C)C. The summed E-state index contributed by atoms with van der Waals surface area (Å²) in [6.07, 6.45) is 4.94. The number of carbonyl (C=O) groups is 2. The van der Waals surface area contributed by atoms with E-state index in [1.54, 1.807) is 24.3 Å². The normalized spacial score (nSPS) is 18.4. The minimum Gasteiger partial charge on any atom is -0.494 e. The molecule has 0 aliphatic carbocycles. The second kappa shape index (κ2) is 9.66. The van der Waals surface area contributed by atoms with Gasteiger partial charge in [0, 0.05) is 23.9 Å². The molecule has 0 unspecified atom stereocenters. The summed E-state index contributed by atoms with van der Waals surface area (Å²) < 4.78 is 5.56. The number of hydrogen-bond donors (Lipinski definition) is 1. The predicted octanol–water partition coefficient (Wildman–Crippen LogP) is 5.33. The Morgan fingerprint density at radius 1 is 1.11 bits per heavy atom. The Bertz CT molecular complexity index is 1260. The summed E-state index contributed by atoms with van der Waals surface area (Å²) in [6, 6.07) is 13.2. The minimum absolute atomic E-state index is 0.0311. The van der Waals surface area contributed by atoms with Crippen LogP contribution in [0.15, 0.2) is 54.1 Å². The van der Waals surface area contributed by atoms with Crippen LogP contribution in [-0.2, 0) is 9.59 Å². The maximum atomic E-state index is 13.4. The number of allylic oxidation sites excluding steroid dienone is 1. The third-order valence-corrected chi connectivity index (χ3v) is 6.53. The minimum atomic E-state index is -0.504. The Labute approximate surface area is 212 Å². The molecule has 0 aromatic heterocycles. The molecule has 2 aliphatic heterocycles. The lowest BCUT2D eigenvalue weighted by Crippen LogP contribution is -2.54. The maximum Gasteiger partial charge on any atom is 0.270 e. The zero-order chi connectivity index (χ0) is 25.3. The van der Waals surface area contributed by atoms with Gasteiger partial charge in [-0.25, -0.2) is 0 Å². The van der Waals surface area contributed by atoms with Crippen molar-refractivity contribution in [3.05, 3.63) is 65.2 Å². The fraction of sp³-hybridized carbons (Fsp3) is 0.321. The van der Waals surface area contributed by atoms with Crippen LogP contribution in [0.4, 0.5) is 11.4 Å². The van der Waals surface area contributed by atoms with E-state index in [4.69, 9.17) is 17.0 Å². The Balaban J connectivity index is 1.72. The van der Waals surface area contributed by atoms with E-state index in [2.05, 4.69) is 50.1 Å². The standard InChI is InChI=1S/C28H31N3O3S/c1-6-13-30-24-12-11-19(14-22(24)18(3)17-28(30,4)5)15-23-25(32)29-27(35)31(26(23)33)20-9-8-10-21(16-20)34-7-2/h8-12,14-17H,6-7,13H2,1-5H3,(H,29,32,35)/b23-15-. The van der Waals surface area contributed by atoms with Gasteiger partial charge in [0.1, 0.15) is 11.3 Å². The Kier molecular flexibility index (Phi) is 6.81. The van der Waals surface area contributed by atoms with Crippen molar-refractivity contribution in [3.8, 4) is 5.75 Å². The molecule has 7 heteroatoms. The molecular formula is C28H31N3O3S. The van der Waals surface area contributed by atoms with Crippen LogP contribution in [0.25, 0.3) is 11.6 Å². The number of amides is 2. The molecule has 1 saturated heterocycles. The molecule has 0 bridgehead atoms. The molecule has 2 aromatic rings. The van der Waals surface area contributed by atoms with Crippen molar-refractivity contribution in [2.24, 2.45) is 0 Å². The summed E-state index contributed by atoms with van der Waals surface area (Å²) in [7, 11) is 0. The highest BCUT2D eigenvalue weighted by atomic mass is 32.1. The lowest BCUT2D eigenvalue weighted by atomic mass is 9.87. The number of carbonyl (C=O) groups excluding carboxylic acids is 2. The molecule has 2 amide bonds. The largest absolute Gasteiger partial charge is 0.494 e. The number of hydrogen-bond acceptors (Lipinski definition) is 5. The first-order valence-electron chi connectivity index (χ1n) is 11.9. The first-order chi connectivity index (χ1) is 16.7. The topological polar surface area (TPSA) is 61.9 Å². The fourth-order valence-corrected chi connectivity index (χ4v) is 5.04. The number of nitrogens with one attached hydrogen (secondary N) is 1. The summed E-state index contributed by atoms with van der Waals surface area (Å²) in [4.78, 5) is 30.0. The molecule has 2 aliphatic rings. The highest BCUT2D eigenvalue weighted by molar-refractivity contribution is 7.80. The molecule has 1 N–H and O–H groups in total. The highest BCUT2D eigenvalue weighted by Crippen LogP contribution is 2.39. The summed E-state index contributed by atoms with van der Waals surface area (Å²) in [5.74, 6) is -0.346. The van der Waals surface area contributed by atoms with Crippen molar-refractivity contribution in [2.45, 2.75) is 46.6 Å². The number of fused-ring (bicyclic) bond motifs is 1. The van der Waals surface area contributed by atoms with Gasteiger partial charge in [-0.15, -0.1) is 0 Å². The van der Waals surface area contributed by atoms with Gasteiger partial charge < -0.3 is 9.64 Å². The van der Waals surface area contributed by atoms with Crippen LogP contribution in [0.5, 0.6) is 5.75 Å². The van der Waals surface area contributed by atoms with Gasteiger partial charge in [-0.2, -0.15) is 0 Å². The van der Waals surface area contributed by atoms with Gasteiger partial charge in [0.25, 0.3) is 11.8 Å². The molecule has 0 saturated carbocycles. The smallest absolute Gasteiger partial charge is 0.270 e. The number of nitrogens with zero attached hydrogens (tertiary/aromatic N) is 2. The van der Waals surface area contributed by atoms with Crippen LogP contribution >= 0.6 is 12.2 Å². The van der Waals surface area contributed by atoms with Gasteiger partial charge in [-0.05, 0) is 87.8 Å². The number of rotatable bonds is 6. The molecule has 6 nitrogen and oxygen atoms in total. The lowest BCUT2D eigenvalue weighted by Gasteiger charge is -2.43. The van der Waals surface area contributed by atoms with E-state index in [9.17, 15) is 9.59 Å². The summed E-state index contributed by atoms with van der Waals surface area (Å²) in [6.45, 7) is 12.0. The molecule has 2 aromatic carbocycles. The zero-order valence-electron chi connectivity index (χ0n) is 20.8. The monoisotopic (exact) mass is 489 g/mol. The van der Waals surface area contributed by atoms with Crippen LogP contribution in [0.1, 0.15) is 52.2 Å².